The molecular weight excluding hydrogens is 429 g/mol. The van der Waals surface area contributed by atoms with Gasteiger partial charge in [0.2, 0.25) is 5.13 Å². The van der Waals surface area contributed by atoms with E-state index in [-0.39, 0.29) is 0 Å². The van der Waals surface area contributed by atoms with E-state index in [2.05, 4.69) is 20.5 Å². The number of rotatable bonds is 6. The number of pyridine rings is 1. The molecule has 0 unspecified atom stereocenters. The molecule has 0 radical (unpaired) electrons. The van der Waals surface area contributed by atoms with Crippen LogP contribution in [0.2, 0.25) is 0 Å². The standard InChI is InChI=1S/C21H15F3N4S2/c22-21(23,24)15-5-7-16(8-6-15)26-20-28-27-19(30-20)17-3-1-2-4-18(17)29-13-14-9-11-25-12-10-14/h1-12H,13H2,(H,26,28). The van der Waals surface area contributed by atoms with Gasteiger partial charge in [-0.15, -0.1) is 22.0 Å². The van der Waals surface area contributed by atoms with E-state index in [0.717, 1.165) is 33.4 Å². The number of thioether (sulfide) groups is 1. The minimum absolute atomic E-state index is 0.513. The van der Waals surface area contributed by atoms with Crippen LogP contribution in [-0.2, 0) is 11.9 Å². The Morgan fingerprint density at radius 1 is 0.900 bits per heavy atom. The summed E-state index contributed by atoms with van der Waals surface area (Å²) in [6, 6.07) is 16.7. The van der Waals surface area contributed by atoms with Gasteiger partial charge >= 0.3 is 6.18 Å². The van der Waals surface area contributed by atoms with E-state index in [1.165, 1.54) is 29.0 Å². The lowest BCUT2D eigenvalue weighted by molar-refractivity contribution is -0.137. The normalized spacial score (nSPS) is 11.4. The summed E-state index contributed by atoms with van der Waals surface area (Å²) in [6.45, 7) is 0. The van der Waals surface area contributed by atoms with Gasteiger partial charge in [-0.05, 0) is 48.0 Å². The lowest BCUT2D eigenvalue weighted by Crippen LogP contribution is -2.04. The van der Waals surface area contributed by atoms with Crippen molar-refractivity contribution in [2.45, 2.75) is 16.8 Å². The first-order chi connectivity index (χ1) is 14.5. The Kier molecular flexibility index (Phi) is 6.01. The van der Waals surface area contributed by atoms with E-state index in [0.29, 0.717) is 10.8 Å². The molecule has 0 atom stereocenters. The van der Waals surface area contributed by atoms with Gasteiger partial charge in [0.05, 0.1) is 5.56 Å². The van der Waals surface area contributed by atoms with Gasteiger partial charge in [-0.3, -0.25) is 4.98 Å². The monoisotopic (exact) mass is 444 g/mol. The molecule has 152 valence electrons. The molecule has 0 spiro atoms. The maximum atomic E-state index is 12.7. The average Bonchev–Trinajstić information content (AvgIpc) is 3.21. The summed E-state index contributed by atoms with van der Waals surface area (Å²) in [5, 5.41) is 12.7. The molecule has 0 aliphatic carbocycles. The topological polar surface area (TPSA) is 50.7 Å². The molecule has 4 aromatic rings. The van der Waals surface area contributed by atoms with Crippen LogP contribution >= 0.6 is 23.1 Å². The van der Waals surface area contributed by atoms with Crippen LogP contribution in [0.5, 0.6) is 0 Å². The Morgan fingerprint density at radius 2 is 1.63 bits per heavy atom. The van der Waals surface area contributed by atoms with Gasteiger partial charge < -0.3 is 5.32 Å². The molecule has 0 saturated heterocycles. The van der Waals surface area contributed by atoms with E-state index < -0.39 is 11.7 Å². The van der Waals surface area contributed by atoms with Gasteiger partial charge in [-0.25, -0.2) is 0 Å². The summed E-state index contributed by atoms with van der Waals surface area (Å²) in [5.41, 5.74) is 1.97. The second-order valence-corrected chi connectivity index (χ2v) is 8.25. The Bertz CT molecular complexity index is 1110. The first-order valence-electron chi connectivity index (χ1n) is 8.88. The number of anilines is 2. The Morgan fingerprint density at radius 3 is 2.37 bits per heavy atom. The Hall–Kier alpha value is -2.91. The molecule has 4 rings (SSSR count). The van der Waals surface area contributed by atoms with Crippen LogP contribution in [0, 0.1) is 0 Å². The molecule has 1 N–H and O–H groups in total. The van der Waals surface area contributed by atoms with Crippen molar-refractivity contribution in [3.8, 4) is 10.6 Å². The third-order valence-corrected chi connectivity index (χ3v) is 6.17. The molecule has 0 aliphatic heterocycles. The van der Waals surface area contributed by atoms with Crippen LogP contribution in [0.25, 0.3) is 10.6 Å². The van der Waals surface area contributed by atoms with Gasteiger partial charge in [0, 0.05) is 34.3 Å². The first-order valence-corrected chi connectivity index (χ1v) is 10.7. The van der Waals surface area contributed by atoms with Gasteiger partial charge in [-0.2, -0.15) is 13.2 Å². The van der Waals surface area contributed by atoms with Crippen molar-refractivity contribution in [3.63, 3.8) is 0 Å². The van der Waals surface area contributed by atoms with E-state index in [9.17, 15) is 13.2 Å². The summed E-state index contributed by atoms with van der Waals surface area (Å²) in [6.07, 6.45) is -0.816. The van der Waals surface area contributed by atoms with Crippen LogP contribution in [-0.4, -0.2) is 15.2 Å². The second kappa shape index (κ2) is 8.85. The number of hydrogen-bond acceptors (Lipinski definition) is 6. The predicted octanol–water partition coefficient (Wildman–Crippen LogP) is 6.65. The first kappa shape index (κ1) is 20.4. The summed E-state index contributed by atoms with van der Waals surface area (Å²) < 4.78 is 38.1. The molecule has 0 saturated carbocycles. The van der Waals surface area contributed by atoms with Crippen LogP contribution in [0.1, 0.15) is 11.1 Å². The summed E-state index contributed by atoms with van der Waals surface area (Å²) >= 11 is 3.04. The maximum absolute atomic E-state index is 12.7. The minimum atomic E-state index is -4.36. The molecule has 2 aromatic heterocycles. The second-order valence-electron chi connectivity index (χ2n) is 6.25. The number of aromatic nitrogens is 3. The van der Waals surface area contributed by atoms with Gasteiger partial charge in [0.1, 0.15) is 0 Å². The lowest BCUT2D eigenvalue weighted by atomic mass is 10.2. The minimum Gasteiger partial charge on any atom is -0.330 e. The summed E-state index contributed by atoms with van der Waals surface area (Å²) in [7, 11) is 0. The number of halogens is 3. The van der Waals surface area contributed by atoms with E-state index in [1.807, 2.05) is 36.4 Å². The van der Waals surface area contributed by atoms with Crippen molar-refractivity contribution in [1.82, 2.24) is 15.2 Å². The third-order valence-electron chi connectivity index (χ3n) is 4.15. The van der Waals surface area contributed by atoms with E-state index in [1.54, 1.807) is 24.2 Å². The number of alkyl halides is 3. The maximum Gasteiger partial charge on any atom is 0.416 e. The van der Waals surface area contributed by atoms with Crippen LogP contribution < -0.4 is 5.32 Å². The molecule has 2 aromatic carbocycles. The highest BCUT2D eigenvalue weighted by molar-refractivity contribution is 7.98. The number of nitrogens with zero attached hydrogens (tertiary/aromatic N) is 3. The highest BCUT2D eigenvalue weighted by atomic mass is 32.2. The molecule has 0 amide bonds. The largest absolute Gasteiger partial charge is 0.416 e. The van der Waals surface area contributed by atoms with Gasteiger partial charge in [0.25, 0.3) is 0 Å². The van der Waals surface area contributed by atoms with Crippen molar-refractivity contribution in [2.75, 3.05) is 5.32 Å². The van der Waals surface area contributed by atoms with Crippen LogP contribution in [0.15, 0.2) is 78.0 Å². The SMILES string of the molecule is FC(F)(F)c1ccc(Nc2nnc(-c3ccccc3SCc3ccncc3)s2)cc1. The predicted molar refractivity (Wildman–Crippen MR) is 114 cm³/mol. The molecule has 9 heteroatoms. The zero-order valence-electron chi connectivity index (χ0n) is 15.4. The smallest absolute Gasteiger partial charge is 0.330 e. The van der Waals surface area contributed by atoms with Crippen molar-refractivity contribution in [1.29, 1.82) is 0 Å². The average molecular weight is 445 g/mol. The fourth-order valence-electron chi connectivity index (χ4n) is 2.66. The molecule has 4 nitrogen and oxygen atoms in total. The molecule has 0 aliphatic rings. The van der Waals surface area contributed by atoms with Crippen molar-refractivity contribution >= 4 is 33.9 Å². The van der Waals surface area contributed by atoms with Crippen LogP contribution in [0.4, 0.5) is 24.0 Å². The number of benzene rings is 2. The third kappa shape index (κ3) is 4.98. The highest BCUT2D eigenvalue weighted by Gasteiger charge is 2.29. The molecular formula is C21H15F3N4S2. The van der Waals surface area contributed by atoms with Crippen molar-refractivity contribution in [2.24, 2.45) is 0 Å². The van der Waals surface area contributed by atoms with Gasteiger partial charge in [0.15, 0.2) is 5.01 Å². The number of nitrogens with one attached hydrogen (secondary N) is 1. The molecule has 2 heterocycles. The number of hydrogen-bond donors (Lipinski definition) is 1. The highest BCUT2D eigenvalue weighted by Crippen LogP contribution is 2.36. The van der Waals surface area contributed by atoms with Gasteiger partial charge in [-0.1, -0.05) is 29.5 Å². The zero-order chi connectivity index (χ0) is 21.0. The fourth-order valence-corrected chi connectivity index (χ4v) is 4.54. The Labute approximate surface area is 179 Å². The van der Waals surface area contributed by atoms with E-state index >= 15 is 0 Å². The Balaban J connectivity index is 1.49. The fraction of sp³-hybridized carbons (Fsp3) is 0.0952. The molecule has 30 heavy (non-hydrogen) atoms. The van der Waals surface area contributed by atoms with Crippen LogP contribution in [0.3, 0.4) is 0 Å². The summed E-state index contributed by atoms with van der Waals surface area (Å²) in [5.74, 6) is 0.801. The lowest BCUT2D eigenvalue weighted by Gasteiger charge is -2.07. The summed E-state index contributed by atoms with van der Waals surface area (Å²) in [4.78, 5) is 5.11. The molecule has 0 bridgehead atoms. The zero-order valence-corrected chi connectivity index (χ0v) is 17.1. The van der Waals surface area contributed by atoms with Crippen molar-refractivity contribution < 1.29 is 13.2 Å². The van der Waals surface area contributed by atoms with E-state index in [4.69, 9.17) is 0 Å². The van der Waals surface area contributed by atoms with Crippen molar-refractivity contribution in [3.05, 3.63) is 84.2 Å². The molecule has 0 fully saturated rings. The quantitative estimate of drug-likeness (QED) is 0.337.